The Kier molecular flexibility index (Phi) is 8.16. The number of carbonyl (C=O) groups excluding carboxylic acids is 2. The van der Waals surface area contributed by atoms with Crippen LogP contribution in [0.1, 0.15) is 41.5 Å². The molecule has 0 atom stereocenters. The molecule has 1 aliphatic rings. The smallest absolute Gasteiger partial charge is 0.227 e. The zero-order chi connectivity index (χ0) is 24.6. The van der Waals surface area contributed by atoms with E-state index in [9.17, 15) is 9.59 Å². The van der Waals surface area contributed by atoms with Crippen molar-refractivity contribution < 1.29 is 14.3 Å². The summed E-state index contributed by atoms with van der Waals surface area (Å²) in [5.41, 5.74) is 10.6. The van der Waals surface area contributed by atoms with Gasteiger partial charge in [0.1, 0.15) is 5.75 Å². The first-order valence-electron chi connectivity index (χ1n) is 12.1. The van der Waals surface area contributed by atoms with Crippen molar-refractivity contribution in [1.82, 2.24) is 4.90 Å². The summed E-state index contributed by atoms with van der Waals surface area (Å²) in [5, 5.41) is 3.00. The van der Waals surface area contributed by atoms with Crippen LogP contribution in [-0.2, 0) is 35.6 Å². The Labute approximate surface area is 207 Å². The van der Waals surface area contributed by atoms with E-state index in [4.69, 9.17) is 10.5 Å². The SMILES string of the molecule is COc1ccc(CC(=O)N(Cc2ccc(NC(=O)C3CCC3)cc2)Cc2cccc(CN)c2)cc1. The third-order valence-corrected chi connectivity index (χ3v) is 6.54. The predicted molar refractivity (Wildman–Crippen MR) is 138 cm³/mol. The molecule has 0 unspecified atom stereocenters. The van der Waals surface area contributed by atoms with E-state index < -0.39 is 0 Å². The molecule has 0 saturated heterocycles. The monoisotopic (exact) mass is 471 g/mol. The fraction of sp³-hybridized carbons (Fsp3) is 0.310. The van der Waals surface area contributed by atoms with Gasteiger partial charge in [-0.15, -0.1) is 0 Å². The number of nitrogens with one attached hydrogen (secondary N) is 1. The molecule has 1 aliphatic carbocycles. The molecule has 2 amide bonds. The van der Waals surface area contributed by atoms with Crippen LogP contribution >= 0.6 is 0 Å². The molecule has 0 aromatic heterocycles. The van der Waals surface area contributed by atoms with Crippen LogP contribution in [0.15, 0.2) is 72.8 Å². The van der Waals surface area contributed by atoms with Gasteiger partial charge in [0.15, 0.2) is 0 Å². The number of hydrogen-bond acceptors (Lipinski definition) is 4. The number of nitrogens with zero attached hydrogens (tertiary/aromatic N) is 1. The summed E-state index contributed by atoms with van der Waals surface area (Å²) < 4.78 is 5.23. The van der Waals surface area contributed by atoms with E-state index in [1.807, 2.05) is 77.7 Å². The number of ether oxygens (including phenoxy) is 1. The maximum atomic E-state index is 13.4. The Morgan fingerprint density at radius 3 is 2.20 bits per heavy atom. The van der Waals surface area contributed by atoms with Crippen molar-refractivity contribution in [2.45, 2.75) is 45.3 Å². The Morgan fingerprint density at radius 2 is 1.57 bits per heavy atom. The first-order valence-corrected chi connectivity index (χ1v) is 12.1. The molecule has 6 nitrogen and oxygen atoms in total. The van der Waals surface area contributed by atoms with Crippen molar-refractivity contribution in [1.29, 1.82) is 0 Å². The van der Waals surface area contributed by atoms with Crippen LogP contribution in [0.3, 0.4) is 0 Å². The number of hydrogen-bond donors (Lipinski definition) is 2. The van der Waals surface area contributed by atoms with Crippen molar-refractivity contribution in [2.24, 2.45) is 11.7 Å². The third-order valence-electron chi connectivity index (χ3n) is 6.54. The summed E-state index contributed by atoms with van der Waals surface area (Å²) in [5.74, 6) is 1.04. The van der Waals surface area contributed by atoms with Gasteiger partial charge in [-0.25, -0.2) is 0 Å². The molecule has 0 heterocycles. The second-order valence-corrected chi connectivity index (χ2v) is 9.11. The molecular formula is C29H33N3O3. The van der Waals surface area contributed by atoms with Gasteiger partial charge in [-0.3, -0.25) is 9.59 Å². The number of amides is 2. The van der Waals surface area contributed by atoms with Gasteiger partial charge < -0.3 is 20.7 Å². The zero-order valence-corrected chi connectivity index (χ0v) is 20.2. The van der Waals surface area contributed by atoms with Crippen LogP contribution in [0.4, 0.5) is 5.69 Å². The van der Waals surface area contributed by atoms with Crippen LogP contribution < -0.4 is 15.8 Å². The molecule has 3 aromatic carbocycles. The molecule has 1 saturated carbocycles. The van der Waals surface area contributed by atoms with Crippen LogP contribution in [0.5, 0.6) is 5.75 Å². The van der Waals surface area contributed by atoms with E-state index in [1.54, 1.807) is 7.11 Å². The number of benzene rings is 3. The second kappa shape index (κ2) is 11.7. The van der Waals surface area contributed by atoms with Gasteiger partial charge in [0.25, 0.3) is 0 Å². The number of anilines is 1. The lowest BCUT2D eigenvalue weighted by Crippen LogP contribution is -2.31. The van der Waals surface area contributed by atoms with Crippen molar-refractivity contribution in [3.05, 3.63) is 95.1 Å². The minimum atomic E-state index is 0.0377. The van der Waals surface area contributed by atoms with E-state index in [2.05, 4.69) is 5.32 Å². The highest BCUT2D eigenvalue weighted by atomic mass is 16.5. The van der Waals surface area contributed by atoms with Gasteiger partial charge >= 0.3 is 0 Å². The minimum Gasteiger partial charge on any atom is -0.497 e. The number of carbonyl (C=O) groups is 2. The number of rotatable bonds is 10. The topological polar surface area (TPSA) is 84.7 Å². The van der Waals surface area contributed by atoms with E-state index in [0.717, 1.165) is 53.0 Å². The molecular weight excluding hydrogens is 438 g/mol. The van der Waals surface area contributed by atoms with E-state index in [1.165, 1.54) is 0 Å². The van der Waals surface area contributed by atoms with Crippen molar-refractivity contribution in [3.8, 4) is 5.75 Å². The number of methoxy groups -OCH3 is 1. The molecule has 0 spiro atoms. The summed E-state index contributed by atoms with van der Waals surface area (Å²) in [6.07, 6.45) is 3.38. The summed E-state index contributed by atoms with van der Waals surface area (Å²) in [7, 11) is 1.63. The molecule has 0 radical (unpaired) electrons. The average molecular weight is 472 g/mol. The highest BCUT2D eigenvalue weighted by molar-refractivity contribution is 5.93. The quantitative estimate of drug-likeness (QED) is 0.450. The highest BCUT2D eigenvalue weighted by Gasteiger charge is 2.25. The van der Waals surface area contributed by atoms with Crippen molar-refractivity contribution in [3.63, 3.8) is 0 Å². The molecule has 182 valence electrons. The van der Waals surface area contributed by atoms with Gasteiger partial charge in [0.2, 0.25) is 11.8 Å². The Bertz CT molecular complexity index is 1140. The van der Waals surface area contributed by atoms with Crippen LogP contribution in [-0.4, -0.2) is 23.8 Å². The fourth-order valence-corrected chi connectivity index (χ4v) is 4.17. The second-order valence-electron chi connectivity index (χ2n) is 9.11. The Morgan fingerprint density at radius 1 is 0.914 bits per heavy atom. The van der Waals surface area contributed by atoms with Gasteiger partial charge in [0, 0.05) is 31.2 Å². The lowest BCUT2D eigenvalue weighted by molar-refractivity contribution is -0.131. The largest absolute Gasteiger partial charge is 0.497 e. The molecule has 6 heteroatoms. The van der Waals surface area contributed by atoms with E-state index >= 15 is 0 Å². The van der Waals surface area contributed by atoms with E-state index in [0.29, 0.717) is 26.1 Å². The number of nitrogens with two attached hydrogens (primary N) is 1. The lowest BCUT2D eigenvalue weighted by atomic mass is 9.85. The highest BCUT2D eigenvalue weighted by Crippen LogP contribution is 2.27. The standard InChI is InChI=1S/C29H33N3O3/c1-35-27-14-10-21(11-15-27)17-28(33)32(20-24-5-2-4-23(16-24)18-30)19-22-8-12-26(13-9-22)31-29(34)25-6-3-7-25/h2,4-5,8-16,25H,3,6-7,17-20,30H2,1H3,(H,31,34). The van der Waals surface area contributed by atoms with E-state index in [-0.39, 0.29) is 17.7 Å². The first kappa shape index (κ1) is 24.5. The van der Waals surface area contributed by atoms with Crippen LogP contribution in [0.25, 0.3) is 0 Å². The Hall–Kier alpha value is -3.64. The van der Waals surface area contributed by atoms with Gasteiger partial charge in [-0.05, 0) is 59.4 Å². The molecule has 3 aromatic rings. The van der Waals surface area contributed by atoms with Crippen molar-refractivity contribution in [2.75, 3.05) is 12.4 Å². The normalized spacial score (nSPS) is 13.1. The molecule has 4 rings (SSSR count). The molecule has 0 bridgehead atoms. The first-order chi connectivity index (χ1) is 17.0. The lowest BCUT2D eigenvalue weighted by Gasteiger charge is -2.25. The van der Waals surface area contributed by atoms with Crippen LogP contribution in [0, 0.1) is 5.92 Å². The van der Waals surface area contributed by atoms with Gasteiger partial charge in [-0.1, -0.05) is 55.0 Å². The zero-order valence-electron chi connectivity index (χ0n) is 20.2. The molecule has 1 fully saturated rings. The molecule has 3 N–H and O–H groups in total. The van der Waals surface area contributed by atoms with Gasteiger partial charge in [-0.2, -0.15) is 0 Å². The van der Waals surface area contributed by atoms with Crippen molar-refractivity contribution >= 4 is 17.5 Å². The Balaban J connectivity index is 1.47. The summed E-state index contributed by atoms with van der Waals surface area (Å²) in [6, 6.07) is 23.4. The summed E-state index contributed by atoms with van der Waals surface area (Å²) in [4.78, 5) is 27.5. The molecule has 35 heavy (non-hydrogen) atoms. The maximum Gasteiger partial charge on any atom is 0.227 e. The minimum absolute atomic E-state index is 0.0377. The third kappa shape index (κ3) is 6.70. The summed E-state index contributed by atoms with van der Waals surface area (Å²) >= 11 is 0. The maximum absolute atomic E-state index is 13.4. The predicted octanol–water partition coefficient (Wildman–Crippen LogP) is 4.66. The van der Waals surface area contributed by atoms with Gasteiger partial charge in [0.05, 0.1) is 13.5 Å². The average Bonchev–Trinajstić information content (AvgIpc) is 2.84. The van der Waals surface area contributed by atoms with Crippen LogP contribution in [0.2, 0.25) is 0 Å². The molecule has 0 aliphatic heterocycles. The fourth-order valence-electron chi connectivity index (χ4n) is 4.17. The summed E-state index contributed by atoms with van der Waals surface area (Å²) in [6.45, 7) is 1.42.